The Hall–Kier alpha value is -3.08. The van der Waals surface area contributed by atoms with Crippen LogP contribution in [0.3, 0.4) is 0 Å². The zero-order valence-corrected chi connectivity index (χ0v) is 13.6. The highest BCUT2D eigenvalue weighted by Crippen LogP contribution is 2.31. The topological polar surface area (TPSA) is 105 Å². The number of sulfonamides is 1. The smallest absolute Gasteiger partial charge is 0.360 e. The SMILES string of the molecule is O=[N+]([O-])c1ccc2[nH]cc(S(=O)(=O)Nc3ccc(C(F)(F)F)cc3)c2c1. The van der Waals surface area contributed by atoms with Gasteiger partial charge in [0, 0.05) is 34.9 Å². The maximum absolute atomic E-state index is 12.6. The van der Waals surface area contributed by atoms with E-state index in [1.165, 1.54) is 12.1 Å². The second-order valence-corrected chi connectivity index (χ2v) is 6.97. The number of nitrogens with zero attached hydrogens (tertiary/aromatic N) is 1. The summed E-state index contributed by atoms with van der Waals surface area (Å²) < 4.78 is 64.9. The van der Waals surface area contributed by atoms with Crippen molar-refractivity contribution in [2.45, 2.75) is 11.1 Å². The summed E-state index contributed by atoms with van der Waals surface area (Å²) in [4.78, 5) is 12.6. The van der Waals surface area contributed by atoms with Crippen LogP contribution in [0.5, 0.6) is 0 Å². The lowest BCUT2D eigenvalue weighted by atomic mass is 10.2. The van der Waals surface area contributed by atoms with Crippen LogP contribution < -0.4 is 4.72 Å². The molecule has 0 bridgehead atoms. The number of aromatic amines is 1. The van der Waals surface area contributed by atoms with E-state index in [-0.39, 0.29) is 21.7 Å². The number of H-pyrrole nitrogens is 1. The lowest BCUT2D eigenvalue weighted by Gasteiger charge is -2.10. The van der Waals surface area contributed by atoms with Crippen molar-refractivity contribution < 1.29 is 26.5 Å². The van der Waals surface area contributed by atoms with Gasteiger partial charge in [-0.05, 0) is 30.3 Å². The van der Waals surface area contributed by atoms with Crippen LogP contribution in [0.1, 0.15) is 5.56 Å². The number of rotatable bonds is 4. The highest BCUT2D eigenvalue weighted by Gasteiger charge is 2.30. The Morgan fingerprint density at radius 1 is 1.08 bits per heavy atom. The average Bonchev–Trinajstić information content (AvgIpc) is 2.98. The second kappa shape index (κ2) is 6.02. The number of aromatic nitrogens is 1. The van der Waals surface area contributed by atoms with Crippen molar-refractivity contribution in [2.75, 3.05) is 4.72 Å². The van der Waals surface area contributed by atoms with Crippen molar-refractivity contribution in [1.82, 2.24) is 4.98 Å². The van der Waals surface area contributed by atoms with Gasteiger partial charge in [0.1, 0.15) is 4.90 Å². The molecular weight excluding hydrogens is 375 g/mol. The molecule has 1 heterocycles. The van der Waals surface area contributed by atoms with E-state index in [2.05, 4.69) is 9.71 Å². The van der Waals surface area contributed by atoms with Crippen molar-refractivity contribution in [3.63, 3.8) is 0 Å². The van der Waals surface area contributed by atoms with Crippen molar-refractivity contribution in [3.05, 3.63) is 64.3 Å². The van der Waals surface area contributed by atoms with Crippen molar-refractivity contribution in [1.29, 1.82) is 0 Å². The summed E-state index contributed by atoms with van der Waals surface area (Å²) in [5, 5.41) is 11.0. The number of hydrogen-bond donors (Lipinski definition) is 2. The van der Waals surface area contributed by atoms with Gasteiger partial charge in [0.25, 0.3) is 15.7 Å². The number of halogens is 3. The van der Waals surface area contributed by atoms with Gasteiger partial charge in [-0.2, -0.15) is 13.2 Å². The molecule has 0 saturated carbocycles. The first-order chi connectivity index (χ1) is 12.1. The van der Waals surface area contributed by atoms with E-state index in [1.54, 1.807) is 0 Å². The average molecular weight is 385 g/mol. The molecule has 2 N–H and O–H groups in total. The zero-order chi connectivity index (χ0) is 19.1. The standard InChI is InChI=1S/C15H10F3N3O4S/c16-15(17,18)9-1-3-10(4-2-9)20-26(24,25)14-8-19-13-6-5-11(21(22)23)7-12(13)14/h1-8,19-20H. The third-order valence-electron chi connectivity index (χ3n) is 3.59. The van der Waals surface area contributed by atoms with Crippen molar-refractivity contribution in [2.24, 2.45) is 0 Å². The first-order valence-corrected chi connectivity index (χ1v) is 8.52. The number of anilines is 1. The highest BCUT2D eigenvalue weighted by atomic mass is 32.2. The Morgan fingerprint density at radius 2 is 1.73 bits per heavy atom. The molecule has 1 aromatic heterocycles. The largest absolute Gasteiger partial charge is 0.416 e. The number of benzene rings is 2. The van der Waals surface area contributed by atoms with Crippen LogP contribution >= 0.6 is 0 Å². The van der Waals surface area contributed by atoms with Crippen LogP contribution in [0, 0.1) is 10.1 Å². The fourth-order valence-corrected chi connectivity index (χ4v) is 3.59. The number of hydrogen-bond acceptors (Lipinski definition) is 4. The number of nitro benzene ring substituents is 1. The molecule has 0 fully saturated rings. The fraction of sp³-hybridized carbons (Fsp3) is 0.0667. The van der Waals surface area contributed by atoms with E-state index in [0.29, 0.717) is 5.52 Å². The fourth-order valence-electron chi connectivity index (χ4n) is 2.36. The molecule has 0 amide bonds. The van der Waals surface area contributed by atoms with E-state index < -0.39 is 26.7 Å². The number of nitrogens with one attached hydrogen (secondary N) is 2. The Labute approximate surface area is 144 Å². The number of fused-ring (bicyclic) bond motifs is 1. The van der Waals surface area contributed by atoms with Crippen molar-refractivity contribution >= 4 is 32.3 Å². The highest BCUT2D eigenvalue weighted by molar-refractivity contribution is 7.93. The summed E-state index contributed by atoms with van der Waals surface area (Å²) in [6, 6.07) is 7.15. The van der Waals surface area contributed by atoms with Crippen LogP contribution in [0.4, 0.5) is 24.5 Å². The van der Waals surface area contributed by atoms with Gasteiger partial charge >= 0.3 is 6.18 Å². The Balaban J connectivity index is 1.97. The molecule has 0 radical (unpaired) electrons. The number of nitro groups is 1. The summed E-state index contributed by atoms with van der Waals surface area (Å²) in [5.41, 5.74) is -0.910. The maximum Gasteiger partial charge on any atom is 0.416 e. The molecule has 3 aromatic rings. The van der Waals surface area contributed by atoms with Gasteiger partial charge in [0.05, 0.1) is 10.5 Å². The van der Waals surface area contributed by atoms with Gasteiger partial charge in [-0.25, -0.2) is 8.42 Å². The zero-order valence-electron chi connectivity index (χ0n) is 12.7. The van der Waals surface area contributed by atoms with E-state index in [4.69, 9.17) is 0 Å². The summed E-state index contributed by atoms with van der Waals surface area (Å²) in [6.07, 6.45) is -3.38. The maximum atomic E-state index is 12.6. The summed E-state index contributed by atoms with van der Waals surface area (Å²) in [7, 11) is -4.17. The van der Waals surface area contributed by atoms with Gasteiger partial charge in [0.2, 0.25) is 0 Å². The van der Waals surface area contributed by atoms with Crippen LogP contribution in [0.25, 0.3) is 10.9 Å². The Morgan fingerprint density at radius 3 is 2.31 bits per heavy atom. The summed E-state index contributed by atoms with van der Waals surface area (Å²) in [6.45, 7) is 0. The molecule has 136 valence electrons. The molecule has 0 spiro atoms. The molecule has 2 aromatic carbocycles. The van der Waals surface area contributed by atoms with E-state index in [0.717, 1.165) is 36.5 Å². The van der Waals surface area contributed by atoms with Crippen LogP contribution in [0.15, 0.2) is 53.6 Å². The minimum atomic E-state index is -4.53. The second-order valence-electron chi connectivity index (χ2n) is 5.32. The van der Waals surface area contributed by atoms with Crippen LogP contribution in [-0.2, 0) is 16.2 Å². The van der Waals surface area contributed by atoms with E-state index in [1.807, 2.05) is 0 Å². The molecule has 0 saturated heterocycles. The first-order valence-electron chi connectivity index (χ1n) is 7.03. The number of alkyl halides is 3. The molecule has 0 aliphatic heterocycles. The van der Waals surface area contributed by atoms with E-state index in [9.17, 15) is 31.7 Å². The molecular formula is C15H10F3N3O4S. The molecule has 0 aliphatic rings. The van der Waals surface area contributed by atoms with Gasteiger partial charge in [0.15, 0.2) is 0 Å². The van der Waals surface area contributed by atoms with Crippen molar-refractivity contribution in [3.8, 4) is 0 Å². The predicted molar refractivity (Wildman–Crippen MR) is 87.2 cm³/mol. The molecule has 0 atom stereocenters. The summed E-state index contributed by atoms with van der Waals surface area (Å²) in [5.74, 6) is 0. The third-order valence-corrected chi connectivity index (χ3v) is 5.01. The number of non-ortho nitro benzene ring substituents is 1. The molecule has 26 heavy (non-hydrogen) atoms. The monoisotopic (exact) mass is 385 g/mol. The quantitative estimate of drug-likeness (QED) is 0.525. The third kappa shape index (κ3) is 3.33. The van der Waals surface area contributed by atoms with Gasteiger partial charge in [-0.1, -0.05) is 0 Å². The minimum absolute atomic E-state index is 0.0715. The molecule has 11 heteroatoms. The normalized spacial score (nSPS) is 12.3. The molecule has 0 unspecified atom stereocenters. The van der Waals surface area contributed by atoms with Crippen LogP contribution in [0.2, 0.25) is 0 Å². The molecule has 3 rings (SSSR count). The minimum Gasteiger partial charge on any atom is -0.360 e. The van der Waals surface area contributed by atoms with E-state index >= 15 is 0 Å². The lowest BCUT2D eigenvalue weighted by Crippen LogP contribution is -2.13. The van der Waals surface area contributed by atoms with Gasteiger partial charge < -0.3 is 4.98 Å². The first kappa shape index (κ1) is 17.7. The lowest BCUT2D eigenvalue weighted by molar-refractivity contribution is -0.384. The predicted octanol–water partition coefficient (Wildman–Crippen LogP) is 3.90. The van der Waals surface area contributed by atoms with Gasteiger partial charge in [-0.3, -0.25) is 14.8 Å². The molecule has 7 nitrogen and oxygen atoms in total. The van der Waals surface area contributed by atoms with Crippen LogP contribution in [-0.4, -0.2) is 18.3 Å². The Kier molecular flexibility index (Phi) is 4.11. The Bertz CT molecular complexity index is 1090. The van der Waals surface area contributed by atoms with Gasteiger partial charge in [-0.15, -0.1) is 0 Å². The molecule has 0 aliphatic carbocycles. The summed E-state index contributed by atoms with van der Waals surface area (Å²) >= 11 is 0.